The number of benzene rings is 1. The molecule has 0 aliphatic carbocycles. The Hall–Kier alpha value is -3.09. The van der Waals surface area contributed by atoms with Gasteiger partial charge in [-0.1, -0.05) is 19.1 Å². The third-order valence-electron chi connectivity index (χ3n) is 3.67. The van der Waals surface area contributed by atoms with Crippen LogP contribution in [0.15, 0.2) is 47.1 Å². The van der Waals surface area contributed by atoms with E-state index in [4.69, 9.17) is 9.52 Å². The normalized spacial score (nSPS) is 12.9. The van der Waals surface area contributed by atoms with Crippen molar-refractivity contribution in [3.63, 3.8) is 0 Å². The molecule has 0 bridgehead atoms. The van der Waals surface area contributed by atoms with E-state index in [1.165, 1.54) is 12.3 Å². The van der Waals surface area contributed by atoms with Gasteiger partial charge in [-0.25, -0.2) is 0 Å². The molecule has 2 unspecified atom stereocenters. The molecule has 2 atom stereocenters. The van der Waals surface area contributed by atoms with Crippen molar-refractivity contribution < 1.29 is 23.9 Å². The zero-order chi connectivity index (χ0) is 18.4. The van der Waals surface area contributed by atoms with Gasteiger partial charge in [-0.15, -0.1) is 0 Å². The van der Waals surface area contributed by atoms with Crippen molar-refractivity contribution in [2.45, 2.75) is 26.3 Å². The second-order valence-electron chi connectivity index (χ2n) is 5.80. The van der Waals surface area contributed by atoms with Gasteiger partial charge in [0.15, 0.2) is 5.76 Å². The predicted octanol–water partition coefficient (Wildman–Crippen LogP) is 2.30. The molecule has 0 fully saturated rings. The Balaban J connectivity index is 1.89. The number of rotatable bonds is 7. The molecule has 3 N–H and O–H groups in total. The van der Waals surface area contributed by atoms with Crippen molar-refractivity contribution in [1.29, 1.82) is 0 Å². The van der Waals surface area contributed by atoms with Crippen molar-refractivity contribution in [1.82, 2.24) is 5.32 Å². The second-order valence-corrected chi connectivity index (χ2v) is 5.80. The third-order valence-corrected chi connectivity index (χ3v) is 3.67. The Labute approximate surface area is 145 Å². The summed E-state index contributed by atoms with van der Waals surface area (Å²) >= 11 is 0. The minimum absolute atomic E-state index is 0.136. The topological polar surface area (TPSA) is 109 Å². The molecule has 7 nitrogen and oxygen atoms in total. The lowest BCUT2D eigenvalue weighted by Gasteiger charge is -2.14. The first-order valence-electron chi connectivity index (χ1n) is 7.84. The van der Waals surface area contributed by atoms with Crippen molar-refractivity contribution in [3.8, 4) is 0 Å². The Morgan fingerprint density at radius 3 is 2.36 bits per heavy atom. The first-order chi connectivity index (χ1) is 11.9. The SMILES string of the molecule is CC(Cc1ccc(NC(=O)C(C)NC(=O)c2ccco2)cc1)C(=O)O. The lowest BCUT2D eigenvalue weighted by atomic mass is 10.0. The molecule has 0 spiro atoms. The van der Waals surface area contributed by atoms with E-state index >= 15 is 0 Å². The molecule has 25 heavy (non-hydrogen) atoms. The minimum Gasteiger partial charge on any atom is -0.481 e. The fourth-order valence-electron chi connectivity index (χ4n) is 2.16. The summed E-state index contributed by atoms with van der Waals surface area (Å²) in [6.07, 6.45) is 1.80. The molecule has 0 aliphatic rings. The van der Waals surface area contributed by atoms with Crippen LogP contribution in [0, 0.1) is 5.92 Å². The summed E-state index contributed by atoms with van der Waals surface area (Å²) in [7, 11) is 0. The summed E-state index contributed by atoms with van der Waals surface area (Å²) in [6, 6.07) is 9.28. The first kappa shape index (κ1) is 18.3. The summed E-state index contributed by atoms with van der Waals surface area (Å²) < 4.78 is 4.97. The zero-order valence-corrected chi connectivity index (χ0v) is 14.0. The van der Waals surface area contributed by atoms with Gasteiger partial charge in [0.2, 0.25) is 5.91 Å². The van der Waals surface area contributed by atoms with Crippen LogP contribution in [0.25, 0.3) is 0 Å². The van der Waals surface area contributed by atoms with E-state index in [-0.39, 0.29) is 11.7 Å². The Morgan fingerprint density at radius 2 is 1.80 bits per heavy atom. The standard InChI is InChI=1S/C18H20N2O5/c1-11(18(23)24)10-13-5-7-14(8-6-13)20-16(21)12(2)19-17(22)15-4-3-9-25-15/h3-9,11-12H,10H2,1-2H3,(H,19,22)(H,20,21)(H,23,24). The Kier molecular flexibility index (Phi) is 5.94. The quantitative estimate of drug-likeness (QED) is 0.714. The second kappa shape index (κ2) is 8.14. The lowest BCUT2D eigenvalue weighted by Crippen LogP contribution is -2.41. The Morgan fingerprint density at radius 1 is 1.12 bits per heavy atom. The highest BCUT2D eigenvalue weighted by Gasteiger charge is 2.18. The highest BCUT2D eigenvalue weighted by Crippen LogP contribution is 2.14. The van der Waals surface area contributed by atoms with E-state index in [0.717, 1.165) is 5.56 Å². The van der Waals surface area contributed by atoms with Gasteiger partial charge in [0.1, 0.15) is 6.04 Å². The van der Waals surface area contributed by atoms with Crippen LogP contribution in [0.3, 0.4) is 0 Å². The summed E-state index contributed by atoms with van der Waals surface area (Å²) in [5, 5.41) is 14.2. The van der Waals surface area contributed by atoms with Crippen molar-refractivity contribution in [2.75, 3.05) is 5.32 Å². The predicted molar refractivity (Wildman–Crippen MR) is 91.2 cm³/mol. The number of carboxylic acids is 1. The van der Waals surface area contributed by atoms with Gasteiger partial charge in [-0.2, -0.15) is 0 Å². The van der Waals surface area contributed by atoms with E-state index in [0.29, 0.717) is 12.1 Å². The highest BCUT2D eigenvalue weighted by molar-refractivity contribution is 5.99. The van der Waals surface area contributed by atoms with E-state index < -0.39 is 23.8 Å². The molecule has 1 aromatic heterocycles. The van der Waals surface area contributed by atoms with Crippen LogP contribution in [0.4, 0.5) is 5.69 Å². The fourth-order valence-corrected chi connectivity index (χ4v) is 2.16. The molecule has 1 aromatic carbocycles. The van der Waals surface area contributed by atoms with Crippen LogP contribution in [0.1, 0.15) is 30.0 Å². The van der Waals surface area contributed by atoms with Gasteiger partial charge in [0.05, 0.1) is 12.2 Å². The van der Waals surface area contributed by atoms with E-state index in [9.17, 15) is 14.4 Å². The molecule has 2 rings (SSSR count). The van der Waals surface area contributed by atoms with Crippen molar-refractivity contribution in [3.05, 3.63) is 54.0 Å². The van der Waals surface area contributed by atoms with Gasteiger partial charge in [0, 0.05) is 5.69 Å². The zero-order valence-electron chi connectivity index (χ0n) is 14.0. The first-order valence-corrected chi connectivity index (χ1v) is 7.84. The van der Waals surface area contributed by atoms with Crippen molar-refractivity contribution in [2.24, 2.45) is 5.92 Å². The van der Waals surface area contributed by atoms with Crippen molar-refractivity contribution >= 4 is 23.5 Å². The minimum atomic E-state index is -0.849. The molecule has 132 valence electrons. The number of carbonyl (C=O) groups excluding carboxylic acids is 2. The number of furan rings is 1. The molecule has 7 heteroatoms. The molecule has 0 radical (unpaired) electrons. The number of anilines is 1. The number of nitrogens with one attached hydrogen (secondary N) is 2. The smallest absolute Gasteiger partial charge is 0.306 e. The van der Waals surface area contributed by atoms with Gasteiger partial charge in [-0.05, 0) is 43.2 Å². The molecule has 1 heterocycles. The molecular weight excluding hydrogens is 324 g/mol. The average Bonchev–Trinajstić information content (AvgIpc) is 3.11. The number of aliphatic carboxylic acids is 1. The monoisotopic (exact) mass is 344 g/mol. The number of hydrogen-bond donors (Lipinski definition) is 3. The maximum absolute atomic E-state index is 12.1. The third kappa shape index (κ3) is 5.20. The molecule has 2 aromatic rings. The average molecular weight is 344 g/mol. The van der Waals surface area contributed by atoms with Gasteiger partial charge >= 0.3 is 5.97 Å². The van der Waals surface area contributed by atoms with Gasteiger partial charge < -0.3 is 20.2 Å². The maximum atomic E-state index is 12.1. The van der Waals surface area contributed by atoms with Crippen LogP contribution < -0.4 is 10.6 Å². The van der Waals surface area contributed by atoms with E-state index in [2.05, 4.69) is 10.6 Å². The maximum Gasteiger partial charge on any atom is 0.306 e. The van der Waals surface area contributed by atoms with Gasteiger partial charge in [-0.3, -0.25) is 14.4 Å². The summed E-state index contributed by atoms with van der Waals surface area (Å²) in [6.45, 7) is 3.21. The van der Waals surface area contributed by atoms with Crippen LogP contribution in [0.5, 0.6) is 0 Å². The van der Waals surface area contributed by atoms with E-state index in [1.807, 2.05) is 0 Å². The Bertz CT molecular complexity index is 737. The molecule has 2 amide bonds. The van der Waals surface area contributed by atoms with E-state index in [1.54, 1.807) is 44.2 Å². The van der Waals surface area contributed by atoms with Crippen LogP contribution in [0.2, 0.25) is 0 Å². The largest absolute Gasteiger partial charge is 0.481 e. The van der Waals surface area contributed by atoms with Crippen LogP contribution in [-0.2, 0) is 16.0 Å². The molecular formula is C18H20N2O5. The lowest BCUT2D eigenvalue weighted by molar-refractivity contribution is -0.141. The molecule has 0 saturated heterocycles. The van der Waals surface area contributed by atoms with Crippen LogP contribution in [-0.4, -0.2) is 28.9 Å². The fraction of sp³-hybridized carbons (Fsp3) is 0.278. The summed E-state index contributed by atoms with van der Waals surface area (Å²) in [5.41, 5.74) is 1.43. The molecule has 0 saturated carbocycles. The molecule has 0 aliphatic heterocycles. The number of carboxylic acid groups (broad SMARTS) is 1. The summed E-state index contributed by atoms with van der Waals surface area (Å²) in [4.78, 5) is 34.8. The highest BCUT2D eigenvalue weighted by atomic mass is 16.4. The van der Waals surface area contributed by atoms with Crippen LogP contribution >= 0.6 is 0 Å². The number of amides is 2. The summed E-state index contributed by atoms with van der Waals surface area (Å²) in [5.74, 6) is -2.02. The number of hydrogen-bond acceptors (Lipinski definition) is 4. The van der Waals surface area contributed by atoms with Gasteiger partial charge in [0.25, 0.3) is 5.91 Å². The number of carbonyl (C=O) groups is 3.